The van der Waals surface area contributed by atoms with Crippen LogP contribution in [0.3, 0.4) is 0 Å². The van der Waals surface area contributed by atoms with Crippen LogP contribution in [0.4, 0.5) is 23.2 Å². The van der Waals surface area contributed by atoms with E-state index in [0.29, 0.717) is 18.8 Å². The summed E-state index contributed by atoms with van der Waals surface area (Å²) in [6.07, 6.45) is -3.58. The van der Waals surface area contributed by atoms with E-state index in [2.05, 4.69) is 20.4 Å². The van der Waals surface area contributed by atoms with Gasteiger partial charge in [0.25, 0.3) is 5.91 Å². The van der Waals surface area contributed by atoms with E-state index in [1.54, 1.807) is 0 Å². The summed E-state index contributed by atoms with van der Waals surface area (Å²) in [5.41, 5.74) is 1.02. The summed E-state index contributed by atoms with van der Waals surface area (Å²) in [5.74, 6) is -3.22. The maximum atomic E-state index is 13.0. The van der Waals surface area contributed by atoms with Crippen LogP contribution in [0.2, 0.25) is 0 Å². The molecule has 2 heterocycles. The van der Waals surface area contributed by atoms with Gasteiger partial charge in [0.15, 0.2) is 0 Å². The number of nitrogens with zero attached hydrogens (tertiary/aromatic N) is 2. The van der Waals surface area contributed by atoms with Crippen molar-refractivity contribution < 1.29 is 37.1 Å². The molecule has 1 spiro atoms. The maximum absolute atomic E-state index is 13.0. The lowest BCUT2D eigenvalue weighted by molar-refractivity contribution is -0.192. The maximum Gasteiger partial charge on any atom is 0.490 e. The summed E-state index contributed by atoms with van der Waals surface area (Å²) >= 11 is 0. The summed E-state index contributed by atoms with van der Waals surface area (Å²) in [6.45, 7) is 3.36. The third-order valence-corrected chi connectivity index (χ3v) is 6.15. The summed E-state index contributed by atoms with van der Waals surface area (Å²) in [7, 11) is 0. The number of piperidine rings is 1. The first-order valence-electron chi connectivity index (χ1n) is 11.2. The molecule has 0 aromatic heterocycles. The summed E-state index contributed by atoms with van der Waals surface area (Å²) in [6, 6.07) is 15.6. The molecular weight excluding hydrogens is 484 g/mol. The number of carboxylic acid groups (broad SMARTS) is 1. The van der Waals surface area contributed by atoms with Crippen LogP contribution in [0.1, 0.15) is 23.2 Å². The average molecular weight is 510 g/mol. The minimum Gasteiger partial charge on any atom is -0.475 e. The number of carboxylic acids is 1. The van der Waals surface area contributed by atoms with E-state index >= 15 is 0 Å². The first-order valence-corrected chi connectivity index (χ1v) is 11.2. The number of rotatable bonds is 5. The van der Waals surface area contributed by atoms with Crippen LogP contribution in [0.5, 0.6) is 0 Å². The molecule has 2 aliphatic heterocycles. The Morgan fingerprint density at radius 3 is 2.17 bits per heavy atom. The number of carbonyl (C=O) groups excluding carboxylic acids is 2. The van der Waals surface area contributed by atoms with Crippen molar-refractivity contribution in [3.8, 4) is 0 Å². The molecule has 2 saturated heterocycles. The van der Waals surface area contributed by atoms with Crippen LogP contribution in [0.15, 0.2) is 54.6 Å². The highest BCUT2D eigenvalue weighted by Gasteiger charge is 2.50. The number of halogens is 4. The number of anilines is 1. The van der Waals surface area contributed by atoms with Gasteiger partial charge in [0.1, 0.15) is 11.4 Å². The van der Waals surface area contributed by atoms with Gasteiger partial charge < -0.3 is 25.5 Å². The predicted molar refractivity (Wildman–Crippen MR) is 123 cm³/mol. The minimum atomic E-state index is -5.08. The molecule has 36 heavy (non-hydrogen) atoms. The molecule has 2 aromatic rings. The minimum absolute atomic E-state index is 0.102. The molecule has 194 valence electrons. The van der Waals surface area contributed by atoms with E-state index < -0.39 is 17.7 Å². The lowest BCUT2D eigenvalue weighted by Gasteiger charge is -2.43. The molecule has 0 bridgehead atoms. The second-order valence-corrected chi connectivity index (χ2v) is 8.37. The largest absolute Gasteiger partial charge is 0.490 e. The van der Waals surface area contributed by atoms with Crippen molar-refractivity contribution in [1.29, 1.82) is 0 Å². The zero-order valence-electron chi connectivity index (χ0n) is 19.2. The second-order valence-electron chi connectivity index (χ2n) is 8.37. The predicted octanol–water partition coefficient (Wildman–Crippen LogP) is 2.62. The lowest BCUT2D eigenvalue weighted by Crippen LogP contribution is -2.57. The van der Waals surface area contributed by atoms with Crippen LogP contribution in [0, 0.1) is 5.82 Å². The molecule has 0 saturated carbocycles. The topological polar surface area (TPSA) is 102 Å². The van der Waals surface area contributed by atoms with Gasteiger partial charge in [0.05, 0.1) is 6.67 Å². The molecule has 8 nitrogen and oxygen atoms in total. The highest BCUT2D eigenvalue weighted by atomic mass is 19.4. The highest BCUT2D eigenvalue weighted by molar-refractivity contribution is 5.94. The second kappa shape index (κ2) is 11.4. The van der Waals surface area contributed by atoms with Crippen molar-refractivity contribution in [2.24, 2.45) is 0 Å². The number of hydrogen-bond acceptors (Lipinski definition) is 5. The standard InChI is InChI=1S/C22H25FN4O2.C2HF3O2/c23-18-8-6-17(7-9-18)20(28)24-12-15-26-13-10-22(11-14-26)21(29)25-16-27(22)19-4-2-1-3-5-19;3-2(4,5)1(6)7/h1-9H,10-16H2,(H,24,28)(H,25,29);(H,6,7). The normalized spacial score (nSPS) is 17.2. The van der Waals surface area contributed by atoms with Crippen molar-refractivity contribution >= 4 is 23.5 Å². The number of likely N-dealkylation sites (tertiary alicyclic amines) is 1. The van der Waals surface area contributed by atoms with Gasteiger partial charge in [0.2, 0.25) is 5.91 Å². The van der Waals surface area contributed by atoms with Gasteiger partial charge in [-0.2, -0.15) is 13.2 Å². The van der Waals surface area contributed by atoms with Gasteiger partial charge in [-0.1, -0.05) is 18.2 Å². The number of para-hydroxylation sites is 1. The van der Waals surface area contributed by atoms with Gasteiger partial charge in [-0.05, 0) is 49.2 Å². The molecule has 0 atom stereocenters. The van der Waals surface area contributed by atoms with Gasteiger partial charge in [-0.3, -0.25) is 9.59 Å². The molecule has 4 rings (SSSR count). The molecular formula is C24H26F4N4O4. The van der Waals surface area contributed by atoms with Crippen LogP contribution in [-0.2, 0) is 9.59 Å². The fourth-order valence-corrected chi connectivity index (χ4v) is 4.21. The van der Waals surface area contributed by atoms with Gasteiger partial charge in [-0.25, -0.2) is 9.18 Å². The fourth-order valence-electron chi connectivity index (χ4n) is 4.21. The number of aliphatic carboxylic acids is 1. The first-order chi connectivity index (χ1) is 17.0. The Hall–Kier alpha value is -3.67. The molecule has 2 amide bonds. The van der Waals surface area contributed by atoms with Crippen LogP contribution in [0.25, 0.3) is 0 Å². The number of amides is 2. The highest BCUT2D eigenvalue weighted by Crippen LogP contribution is 2.36. The fraction of sp³-hybridized carbons (Fsp3) is 0.375. The van der Waals surface area contributed by atoms with E-state index in [0.717, 1.165) is 38.2 Å². The van der Waals surface area contributed by atoms with Gasteiger partial charge in [-0.15, -0.1) is 0 Å². The zero-order valence-corrected chi connectivity index (χ0v) is 19.2. The SMILES string of the molecule is O=C(NCCN1CCC2(CC1)C(=O)NCN2c1ccccc1)c1ccc(F)cc1.O=C(O)C(F)(F)F. The first kappa shape index (κ1) is 26.9. The molecule has 2 aromatic carbocycles. The Balaban J connectivity index is 0.000000454. The Morgan fingerprint density at radius 1 is 1.03 bits per heavy atom. The molecule has 3 N–H and O–H groups in total. The Labute approximate surface area is 204 Å². The van der Waals surface area contributed by atoms with E-state index in [1.807, 2.05) is 30.3 Å². The lowest BCUT2D eigenvalue weighted by atomic mass is 9.85. The van der Waals surface area contributed by atoms with Crippen molar-refractivity contribution in [3.05, 3.63) is 66.0 Å². The van der Waals surface area contributed by atoms with Crippen LogP contribution in [-0.4, -0.2) is 72.4 Å². The Kier molecular flexibility index (Phi) is 8.51. The molecule has 12 heteroatoms. The van der Waals surface area contributed by atoms with Crippen molar-refractivity contribution in [1.82, 2.24) is 15.5 Å². The third kappa shape index (κ3) is 6.51. The van der Waals surface area contributed by atoms with Crippen molar-refractivity contribution in [3.63, 3.8) is 0 Å². The summed E-state index contributed by atoms with van der Waals surface area (Å²) < 4.78 is 44.7. The number of hydrogen-bond donors (Lipinski definition) is 3. The van der Waals surface area contributed by atoms with Crippen LogP contribution >= 0.6 is 0 Å². The Bertz CT molecular complexity index is 1060. The Morgan fingerprint density at radius 2 is 1.61 bits per heavy atom. The molecule has 0 unspecified atom stereocenters. The quantitative estimate of drug-likeness (QED) is 0.535. The molecule has 2 aliphatic rings. The monoisotopic (exact) mass is 510 g/mol. The third-order valence-electron chi connectivity index (χ3n) is 6.15. The number of carbonyl (C=O) groups is 3. The molecule has 2 fully saturated rings. The zero-order chi connectivity index (χ0) is 26.3. The number of benzene rings is 2. The van der Waals surface area contributed by atoms with Crippen molar-refractivity contribution in [2.45, 2.75) is 24.6 Å². The molecule has 0 radical (unpaired) electrons. The van der Waals surface area contributed by atoms with Crippen LogP contribution < -0.4 is 15.5 Å². The average Bonchev–Trinajstić information content (AvgIpc) is 3.16. The number of nitrogens with one attached hydrogen (secondary N) is 2. The van der Waals surface area contributed by atoms with Gasteiger partial charge in [0, 0.05) is 37.4 Å². The molecule has 0 aliphatic carbocycles. The van der Waals surface area contributed by atoms with Crippen molar-refractivity contribution in [2.75, 3.05) is 37.7 Å². The smallest absolute Gasteiger partial charge is 0.475 e. The van der Waals surface area contributed by atoms with Gasteiger partial charge >= 0.3 is 12.1 Å². The van der Waals surface area contributed by atoms with E-state index in [1.165, 1.54) is 24.3 Å². The van der Waals surface area contributed by atoms with E-state index in [-0.39, 0.29) is 17.6 Å². The van der Waals surface area contributed by atoms with E-state index in [9.17, 15) is 27.2 Å². The van der Waals surface area contributed by atoms with E-state index in [4.69, 9.17) is 9.90 Å². The summed E-state index contributed by atoms with van der Waals surface area (Å²) in [5, 5.41) is 13.0. The summed E-state index contributed by atoms with van der Waals surface area (Å²) in [4.78, 5) is 38.2. The number of alkyl halides is 3.